The van der Waals surface area contributed by atoms with Crippen LogP contribution in [0.15, 0.2) is 53.7 Å². The zero-order valence-corrected chi connectivity index (χ0v) is 18.5. The number of carbonyl (C=O) groups is 1. The summed E-state index contributed by atoms with van der Waals surface area (Å²) in [7, 11) is -4.12. The summed E-state index contributed by atoms with van der Waals surface area (Å²) in [6, 6.07) is 9.11. The summed E-state index contributed by atoms with van der Waals surface area (Å²) in [6.07, 6.45) is 3.07. The minimum absolute atomic E-state index is 0.0161. The lowest BCUT2D eigenvalue weighted by Crippen LogP contribution is -2.48. The highest BCUT2D eigenvalue weighted by Gasteiger charge is 2.37. The Labute approximate surface area is 189 Å². The van der Waals surface area contributed by atoms with Crippen LogP contribution in [0.3, 0.4) is 0 Å². The number of benzene rings is 2. The van der Waals surface area contributed by atoms with Gasteiger partial charge in [-0.05, 0) is 49.6 Å². The maximum atomic E-state index is 15.0. The molecule has 8 nitrogen and oxygen atoms in total. The molecule has 4 rings (SSSR count). The molecule has 2 aromatic carbocycles. The van der Waals surface area contributed by atoms with Crippen LogP contribution in [0.4, 0.5) is 4.39 Å². The number of rotatable bonds is 6. The molecule has 32 heavy (non-hydrogen) atoms. The van der Waals surface area contributed by atoms with E-state index >= 15 is 0 Å². The molecule has 1 amide bonds. The largest absolute Gasteiger partial charge is 0.355 e. The van der Waals surface area contributed by atoms with Gasteiger partial charge in [-0.2, -0.15) is 9.40 Å². The molecule has 1 aromatic heterocycles. The predicted molar refractivity (Wildman–Crippen MR) is 117 cm³/mol. The van der Waals surface area contributed by atoms with E-state index in [9.17, 15) is 17.6 Å². The maximum absolute atomic E-state index is 15.0. The van der Waals surface area contributed by atoms with E-state index in [-0.39, 0.29) is 17.0 Å². The van der Waals surface area contributed by atoms with Gasteiger partial charge in [0.2, 0.25) is 15.9 Å². The topological polar surface area (TPSA) is 108 Å². The number of nitrogens with zero attached hydrogens (tertiary/aromatic N) is 3. The van der Waals surface area contributed by atoms with Crippen LogP contribution in [0.25, 0.3) is 11.4 Å². The SMILES string of the molecule is O=C1NCCCCC1N(Cc1ccc(-c2ncn[nH]2)cc1F)S(=O)(=O)c1ccc(Cl)cc1. The van der Waals surface area contributed by atoms with Gasteiger partial charge in [0, 0.05) is 29.2 Å². The molecule has 1 saturated heterocycles. The lowest BCUT2D eigenvalue weighted by Gasteiger charge is -2.29. The minimum Gasteiger partial charge on any atom is -0.355 e. The summed E-state index contributed by atoms with van der Waals surface area (Å²) in [5, 5.41) is 9.55. The molecular formula is C21H21ClFN5O3S. The molecule has 0 spiro atoms. The molecule has 2 heterocycles. The standard InChI is InChI=1S/C21H21ClFN5O3S/c22-16-6-8-17(9-7-16)32(30,31)28(19-3-1-2-10-24-21(19)29)12-15-5-4-14(11-18(15)23)20-25-13-26-27-20/h4-9,11,13,19H,1-3,10,12H2,(H,24,29)(H,25,26,27). The quantitative estimate of drug-likeness (QED) is 0.567. The van der Waals surface area contributed by atoms with Crippen molar-refractivity contribution in [3.8, 4) is 11.4 Å². The Morgan fingerprint density at radius 3 is 2.62 bits per heavy atom. The first-order chi connectivity index (χ1) is 15.4. The molecule has 1 aliphatic rings. The van der Waals surface area contributed by atoms with E-state index in [1.807, 2.05) is 0 Å². The zero-order chi connectivity index (χ0) is 22.7. The first-order valence-electron chi connectivity index (χ1n) is 10.1. The van der Waals surface area contributed by atoms with Gasteiger partial charge in [-0.1, -0.05) is 23.7 Å². The number of carbonyl (C=O) groups excluding carboxylic acids is 1. The van der Waals surface area contributed by atoms with Crippen molar-refractivity contribution in [2.75, 3.05) is 6.54 Å². The molecule has 0 radical (unpaired) electrons. The van der Waals surface area contributed by atoms with Crippen LogP contribution in [-0.4, -0.2) is 46.4 Å². The Hall–Kier alpha value is -2.82. The number of hydrogen-bond donors (Lipinski definition) is 2. The number of amides is 1. The van der Waals surface area contributed by atoms with Gasteiger partial charge in [0.25, 0.3) is 0 Å². The van der Waals surface area contributed by atoms with E-state index in [2.05, 4.69) is 20.5 Å². The molecule has 2 N–H and O–H groups in total. The van der Waals surface area contributed by atoms with Gasteiger partial charge >= 0.3 is 0 Å². The molecule has 168 valence electrons. The van der Waals surface area contributed by atoms with Crippen molar-refractivity contribution >= 4 is 27.5 Å². The monoisotopic (exact) mass is 477 g/mol. The van der Waals surface area contributed by atoms with Crippen molar-refractivity contribution in [2.45, 2.75) is 36.7 Å². The molecule has 11 heteroatoms. The van der Waals surface area contributed by atoms with Crippen LogP contribution in [0.1, 0.15) is 24.8 Å². The molecule has 1 aliphatic heterocycles. The van der Waals surface area contributed by atoms with Crippen molar-refractivity contribution in [2.24, 2.45) is 0 Å². The van der Waals surface area contributed by atoms with Gasteiger partial charge in [-0.15, -0.1) is 0 Å². The van der Waals surface area contributed by atoms with Crippen LogP contribution in [0.5, 0.6) is 0 Å². The fraction of sp³-hybridized carbons (Fsp3) is 0.286. The normalized spacial score (nSPS) is 17.2. The van der Waals surface area contributed by atoms with E-state index in [0.29, 0.717) is 35.8 Å². The first-order valence-corrected chi connectivity index (χ1v) is 11.9. The number of H-pyrrole nitrogens is 1. The third kappa shape index (κ3) is 4.67. The molecule has 3 aromatic rings. The second-order valence-corrected chi connectivity index (χ2v) is 9.77. The zero-order valence-electron chi connectivity index (χ0n) is 17.0. The van der Waals surface area contributed by atoms with Crippen LogP contribution in [0, 0.1) is 5.82 Å². The van der Waals surface area contributed by atoms with E-state index in [1.165, 1.54) is 42.7 Å². The van der Waals surface area contributed by atoms with Crippen molar-refractivity contribution < 1.29 is 17.6 Å². The van der Waals surface area contributed by atoms with Gasteiger partial charge in [-0.25, -0.2) is 17.8 Å². The van der Waals surface area contributed by atoms with Crippen LogP contribution < -0.4 is 5.32 Å². The Balaban J connectivity index is 1.72. The lowest BCUT2D eigenvalue weighted by atomic mass is 10.1. The smallest absolute Gasteiger partial charge is 0.244 e. The Kier molecular flexibility index (Phi) is 6.54. The second-order valence-electron chi connectivity index (χ2n) is 7.45. The highest BCUT2D eigenvalue weighted by atomic mass is 35.5. The molecule has 0 aliphatic carbocycles. The molecule has 1 atom stereocenters. The molecule has 0 saturated carbocycles. The minimum atomic E-state index is -4.12. The lowest BCUT2D eigenvalue weighted by molar-refractivity contribution is -0.124. The number of aromatic nitrogens is 3. The summed E-state index contributed by atoms with van der Waals surface area (Å²) < 4.78 is 43.1. The van der Waals surface area contributed by atoms with E-state index in [0.717, 1.165) is 10.7 Å². The number of nitrogens with one attached hydrogen (secondary N) is 2. The highest BCUT2D eigenvalue weighted by molar-refractivity contribution is 7.89. The molecule has 0 bridgehead atoms. The van der Waals surface area contributed by atoms with Gasteiger partial charge in [0.15, 0.2) is 5.82 Å². The van der Waals surface area contributed by atoms with Gasteiger partial charge in [-0.3, -0.25) is 9.89 Å². The maximum Gasteiger partial charge on any atom is 0.244 e. The van der Waals surface area contributed by atoms with Gasteiger partial charge < -0.3 is 5.32 Å². The first kappa shape index (κ1) is 22.4. The predicted octanol–water partition coefficient (Wildman–Crippen LogP) is 3.12. The van der Waals surface area contributed by atoms with E-state index in [1.54, 1.807) is 6.07 Å². The highest BCUT2D eigenvalue weighted by Crippen LogP contribution is 2.27. The summed E-state index contributed by atoms with van der Waals surface area (Å²) in [6.45, 7) is 0.177. The van der Waals surface area contributed by atoms with Crippen molar-refractivity contribution in [1.29, 1.82) is 0 Å². The number of aromatic amines is 1. The van der Waals surface area contributed by atoms with Gasteiger partial charge in [0.05, 0.1) is 4.90 Å². The summed E-state index contributed by atoms with van der Waals surface area (Å²) in [5.74, 6) is -0.604. The fourth-order valence-electron chi connectivity index (χ4n) is 3.64. The average Bonchev–Trinajstić information content (AvgIpc) is 3.23. The second kappa shape index (κ2) is 9.35. The third-order valence-corrected chi connectivity index (χ3v) is 7.46. The summed E-state index contributed by atoms with van der Waals surface area (Å²) in [5.41, 5.74) is 0.617. The molecular weight excluding hydrogens is 457 g/mol. The van der Waals surface area contributed by atoms with Crippen LogP contribution >= 0.6 is 11.6 Å². The summed E-state index contributed by atoms with van der Waals surface area (Å²) >= 11 is 5.91. The average molecular weight is 478 g/mol. The Morgan fingerprint density at radius 1 is 1.16 bits per heavy atom. The number of halogens is 2. The van der Waals surface area contributed by atoms with E-state index < -0.39 is 27.8 Å². The van der Waals surface area contributed by atoms with Crippen molar-refractivity contribution in [1.82, 2.24) is 24.8 Å². The Bertz CT molecular complexity index is 1200. The summed E-state index contributed by atoms with van der Waals surface area (Å²) in [4.78, 5) is 16.7. The Morgan fingerprint density at radius 2 is 1.94 bits per heavy atom. The molecule has 1 fully saturated rings. The van der Waals surface area contributed by atoms with Gasteiger partial charge in [0.1, 0.15) is 18.2 Å². The van der Waals surface area contributed by atoms with Crippen LogP contribution in [-0.2, 0) is 21.4 Å². The number of sulfonamides is 1. The third-order valence-electron chi connectivity index (χ3n) is 5.34. The van der Waals surface area contributed by atoms with Crippen molar-refractivity contribution in [3.63, 3.8) is 0 Å². The fourth-order valence-corrected chi connectivity index (χ4v) is 5.36. The number of hydrogen-bond acceptors (Lipinski definition) is 5. The van der Waals surface area contributed by atoms with Crippen LogP contribution in [0.2, 0.25) is 5.02 Å². The van der Waals surface area contributed by atoms with E-state index in [4.69, 9.17) is 11.6 Å². The van der Waals surface area contributed by atoms with Crippen molar-refractivity contribution in [3.05, 3.63) is 65.2 Å². The molecule has 1 unspecified atom stereocenters.